The topological polar surface area (TPSA) is 29.5 Å². The van der Waals surface area contributed by atoms with Gasteiger partial charge in [-0.25, -0.2) is 0 Å². The van der Waals surface area contributed by atoms with Crippen molar-refractivity contribution in [3.63, 3.8) is 0 Å². The van der Waals surface area contributed by atoms with E-state index in [1.54, 1.807) is 0 Å². The van der Waals surface area contributed by atoms with Crippen molar-refractivity contribution in [2.24, 2.45) is 11.3 Å². The van der Waals surface area contributed by atoms with Gasteiger partial charge in [-0.1, -0.05) is 67.6 Å². The maximum absolute atomic E-state index is 12.6. The molecule has 2 heterocycles. The smallest absolute Gasteiger partial charge is 0.309 e. The summed E-state index contributed by atoms with van der Waals surface area (Å²) in [6, 6.07) is 21.2. The van der Waals surface area contributed by atoms with E-state index in [1.807, 2.05) is 30.3 Å². The largest absolute Gasteiger partial charge is 0.461 e. The van der Waals surface area contributed by atoms with Gasteiger partial charge in [-0.2, -0.15) is 0 Å². The Bertz CT molecular complexity index is 732. The Morgan fingerprint density at radius 2 is 1.69 bits per heavy atom. The van der Waals surface area contributed by atoms with E-state index in [1.165, 1.54) is 5.56 Å². The first-order valence-electron chi connectivity index (χ1n) is 9.65. The molecule has 3 aliphatic rings. The molecule has 136 valence electrons. The second-order valence-corrected chi connectivity index (χ2v) is 7.95. The Morgan fingerprint density at radius 3 is 2.27 bits per heavy atom. The molecule has 2 aromatic carbocycles. The van der Waals surface area contributed by atoms with Crippen LogP contribution in [0.5, 0.6) is 0 Å². The molecule has 2 aliphatic heterocycles. The van der Waals surface area contributed by atoms with Crippen molar-refractivity contribution in [1.29, 1.82) is 0 Å². The predicted molar refractivity (Wildman–Crippen MR) is 102 cm³/mol. The number of esters is 1. The minimum Gasteiger partial charge on any atom is -0.461 e. The van der Waals surface area contributed by atoms with Crippen LogP contribution in [0.25, 0.3) is 0 Å². The first-order chi connectivity index (χ1) is 12.7. The molecule has 2 aromatic rings. The highest BCUT2D eigenvalue weighted by Gasteiger charge is 2.55. The zero-order chi connectivity index (χ0) is 18.0. The van der Waals surface area contributed by atoms with Gasteiger partial charge in [0.1, 0.15) is 6.61 Å². The number of hydrogen-bond donors (Lipinski definition) is 0. The first-order valence-corrected chi connectivity index (χ1v) is 9.65. The molecule has 3 fully saturated rings. The highest BCUT2D eigenvalue weighted by molar-refractivity contribution is 5.73. The number of nitrogens with zero attached hydrogens (tertiary/aromatic N) is 1. The van der Waals surface area contributed by atoms with E-state index >= 15 is 0 Å². The van der Waals surface area contributed by atoms with E-state index in [-0.39, 0.29) is 17.3 Å². The minimum atomic E-state index is -0.0381. The van der Waals surface area contributed by atoms with Gasteiger partial charge in [0.25, 0.3) is 0 Å². The molecule has 3 heteroatoms. The van der Waals surface area contributed by atoms with Crippen LogP contribution in [-0.4, -0.2) is 23.5 Å². The molecular weight excluding hydrogens is 322 g/mol. The predicted octanol–water partition coefficient (Wildman–Crippen LogP) is 4.42. The molecule has 1 unspecified atom stereocenters. The monoisotopic (exact) mass is 349 g/mol. The molecule has 2 bridgehead atoms. The van der Waals surface area contributed by atoms with Crippen LogP contribution in [0.4, 0.5) is 0 Å². The number of fused-ring (bicyclic) bond motifs is 2. The number of rotatable bonds is 6. The summed E-state index contributed by atoms with van der Waals surface area (Å²) in [4.78, 5) is 15.2. The van der Waals surface area contributed by atoms with Gasteiger partial charge < -0.3 is 4.74 Å². The van der Waals surface area contributed by atoms with Gasteiger partial charge in [-0.3, -0.25) is 9.69 Å². The summed E-state index contributed by atoms with van der Waals surface area (Å²) in [5, 5.41) is 0. The molecule has 0 aromatic heterocycles. The summed E-state index contributed by atoms with van der Waals surface area (Å²) in [6.07, 6.45) is 3.35. The zero-order valence-electron chi connectivity index (χ0n) is 15.4. The third kappa shape index (κ3) is 3.41. The van der Waals surface area contributed by atoms with Crippen LogP contribution in [0.3, 0.4) is 0 Å². The summed E-state index contributed by atoms with van der Waals surface area (Å²) in [5.41, 5.74) is 2.59. The van der Waals surface area contributed by atoms with Gasteiger partial charge in [0.15, 0.2) is 0 Å². The SMILES string of the molecule is CC(C(=O)OCc1ccccc1)C12CCN(Cc3ccccc3)C(C1)C2. The molecule has 0 radical (unpaired) electrons. The van der Waals surface area contributed by atoms with Crippen molar-refractivity contribution in [2.75, 3.05) is 6.54 Å². The van der Waals surface area contributed by atoms with E-state index in [4.69, 9.17) is 4.74 Å². The lowest BCUT2D eigenvalue weighted by atomic mass is 9.54. The molecule has 0 N–H and O–H groups in total. The number of hydrogen-bond acceptors (Lipinski definition) is 3. The highest BCUT2D eigenvalue weighted by Crippen LogP contribution is 2.55. The standard InChI is InChI=1S/C23H27NO2/c1-18(22(25)26-17-20-10-6-3-7-11-20)23-12-13-24(21(14-23)15-23)16-19-8-4-2-5-9-19/h2-11,18,21H,12-17H2,1H3. The minimum absolute atomic E-state index is 0.0127. The molecule has 5 rings (SSSR count). The van der Waals surface area contributed by atoms with Gasteiger partial charge in [0.2, 0.25) is 0 Å². The normalized spacial score (nSPS) is 26.0. The summed E-state index contributed by atoms with van der Waals surface area (Å²) in [7, 11) is 0. The van der Waals surface area contributed by atoms with Gasteiger partial charge in [-0.05, 0) is 42.3 Å². The molecule has 3 nitrogen and oxygen atoms in total. The van der Waals surface area contributed by atoms with Crippen molar-refractivity contribution >= 4 is 5.97 Å². The summed E-state index contributed by atoms with van der Waals surface area (Å²) >= 11 is 0. The van der Waals surface area contributed by atoms with E-state index < -0.39 is 0 Å². The van der Waals surface area contributed by atoms with Crippen molar-refractivity contribution in [3.05, 3.63) is 71.8 Å². The Morgan fingerprint density at radius 1 is 1.08 bits per heavy atom. The molecule has 2 saturated heterocycles. The van der Waals surface area contributed by atoms with Crippen molar-refractivity contribution in [3.8, 4) is 0 Å². The molecule has 0 amide bonds. The maximum Gasteiger partial charge on any atom is 0.309 e. The number of ether oxygens (including phenoxy) is 1. The molecule has 1 atom stereocenters. The summed E-state index contributed by atoms with van der Waals surface area (Å²) in [6.45, 7) is 4.55. The Hall–Kier alpha value is -2.13. The lowest BCUT2D eigenvalue weighted by Crippen LogP contribution is -2.60. The molecule has 26 heavy (non-hydrogen) atoms. The van der Waals surface area contributed by atoms with Gasteiger partial charge >= 0.3 is 5.97 Å². The third-order valence-electron chi connectivity index (χ3n) is 6.42. The fourth-order valence-electron chi connectivity index (χ4n) is 4.59. The van der Waals surface area contributed by atoms with Crippen LogP contribution in [-0.2, 0) is 22.7 Å². The van der Waals surface area contributed by atoms with Crippen LogP contribution in [0.15, 0.2) is 60.7 Å². The fourth-order valence-corrected chi connectivity index (χ4v) is 4.59. The molecule has 0 spiro atoms. The van der Waals surface area contributed by atoms with Gasteiger partial charge in [-0.15, -0.1) is 0 Å². The van der Waals surface area contributed by atoms with Crippen LogP contribution in [0, 0.1) is 11.3 Å². The average molecular weight is 349 g/mol. The molecule has 1 saturated carbocycles. The zero-order valence-corrected chi connectivity index (χ0v) is 15.4. The quantitative estimate of drug-likeness (QED) is 0.723. The first kappa shape index (κ1) is 17.3. The highest BCUT2D eigenvalue weighted by atomic mass is 16.5. The number of carbonyl (C=O) groups is 1. The van der Waals surface area contributed by atoms with Gasteiger partial charge in [0, 0.05) is 12.6 Å². The number of piperidine rings is 2. The average Bonchev–Trinajstić information content (AvgIpc) is 2.67. The van der Waals surface area contributed by atoms with Crippen LogP contribution in [0.1, 0.15) is 37.3 Å². The number of benzene rings is 2. The van der Waals surface area contributed by atoms with Gasteiger partial charge in [0.05, 0.1) is 5.92 Å². The molecular formula is C23H27NO2. The van der Waals surface area contributed by atoms with Crippen molar-refractivity contribution < 1.29 is 9.53 Å². The van der Waals surface area contributed by atoms with E-state index in [9.17, 15) is 4.79 Å². The lowest BCUT2D eigenvalue weighted by molar-refractivity contribution is -0.167. The Labute approximate surface area is 156 Å². The lowest BCUT2D eigenvalue weighted by Gasteiger charge is -2.59. The van der Waals surface area contributed by atoms with E-state index in [0.29, 0.717) is 12.6 Å². The fraction of sp³-hybridized carbons (Fsp3) is 0.435. The van der Waals surface area contributed by atoms with E-state index in [2.05, 4.69) is 42.2 Å². The molecule has 1 aliphatic carbocycles. The number of carbonyl (C=O) groups excluding carboxylic acids is 1. The summed E-state index contributed by atoms with van der Waals surface area (Å²) in [5.74, 6) is -0.0508. The second-order valence-electron chi connectivity index (χ2n) is 7.95. The van der Waals surface area contributed by atoms with Crippen LogP contribution < -0.4 is 0 Å². The van der Waals surface area contributed by atoms with Crippen LogP contribution in [0.2, 0.25) is 0 Å². The second kappa shape index (κ2) is 7.24. The Balaban J connectivity index is 1.30. The van der Waals surface area contributed by atoms with Crippen molar-refractivity contribution in [1.82, 2.24) is 4.90 Å². The van der Waals surface area contributed by atoms with E-state index in [0.717, 1.165) is 37.9 Å². The van der Waals surface area contributed by atoms with Crippen molar-refractivity contribution in [2.45, 2.75) is 45.4 Å². The summed E-state index contributed by atoms with van der Waals surface area (Å²) < 4.78 is 5.60. The Kier molecular flexibility index (Phi) is 4.82. The third-order valence-corrected chi connectivity index (χ3v) is 6.42. The maximum atomic E-state index is 12.6. The van der Waals surface area contributed by atoms with Crippen LogP contribution >= 0.6 is 0 Å².